The fraction of sp³-hybridized carbons (Fsp3) is 0.304. The SMILES string of the molecule is COc1cc(OC)c(C2=COc3c(ccc4c3C=CC(C)(C)O4)C2O)cc1OC. The molecule has 1 atom stereocenters. The largest absolute Gasteiger partial charge is 0.496 e. The Morgan fingerprint density at radius 3 is 2.34 bits per heavy atom. The van der Waals surface area contributed by atoms with Gasteiger partial charge in [0.15, 0.2) is 11.5 Å². The zero-order valence-electron chi connectivity index (χ0n) is 17.1. The summed E-state index contributed by atoms with van der Waals surface area (Å²) in [7, 11) is 4.69. The Morgan fingerprint density at radius 1 is 0.966 bits per heavy atom. The summed E-state index contributed by atoms with van der Waals surface area (Å²) in [6, 6.07) is 7.18. The molecule has 0 fully saturated rings. The van der Waals surface area contributed by atoms with E-state index in [0.717, 1.165) is 11.3 Å². The molecule has 2 aliphatic heterocycles. The molecule has 0 bridgehead atoms. The normalized spacial score (nSPS) is 18.6. The third-order valence-corrected chi connectivity index (χ3v) is 5.12. The van der Waals surface area contributed by atoms with Crippen LogP contribution >= 0.6 is 0 Å². The molecule has 0 saturated heterocycles. The van der Waals surface area contributed by atoms with Crippen LogP contribution in [0.15, 0.2) is 36.6 Å². The Hall–Kier alpha value is -3.12. The Kier molecular flexibility index (Phi) is 4.67. The second-order valence-electron chi connectivity index (χ2n) is 7.44. The number of aliphatic hydroxyl groups is 1. The number of ether oxygens (including phenoxy) is 5. The number of aliphatic hydroxyl groups excluding tert-OH is 1. The van der Waals surface area contributed by atoms with E-state index in [9.17, 15) is 5.11 Å². The van der Waals surface area contributed by atoms with Crippen molar-refractivity contribution in [1.29, 1.82) is 0 Å². The summed E-state index contributed by atoms with van der Waals surface area (Å²) in [5, 5.41) is 11.1. The molecule has 2 aliphatic rings. The first kappa shape index (κ1) is 19.2. The van der Waals surface area contributed by atoms with Crippen LogP contribution in [0.5, 0.6) is 28.7 Å². The van der Waals surface area contributed by atoms with E-state index in [2.05, 4.69) is 0 Å². The summed E-state index contributed by atoms with van der Waals surface area (Å²) < 4.78 is 28.3. The zero-order chi connectivity index (χ0) is 20.8. The molecule has 0 spiro atoms. The average Bonchev–Trinajstić information content (AvgIpc) is 2.72. The van der Waals surface area contributed by atoms with Gasteiger partial charge in [-0.2, -0.15) is 0 Å². The van der Waals surface area contributed by atoms with Gasteiger partial charge in [-0.15, -0.1) is 0 Å². The van der Waals surface area contributed by atoms with Crippen molar-refractivity contribution >= 4 is 11.6 Å². The predicted molar refractivity (Wildman–Crippen MR) is 110 cm³/mol. The topological polar surface area (TPSA) is 66.4 Å². The summed E-state index contributed by atoms with van der Waals surface area (Å²) in [6.07, 6.45) is 4.59. The third-order valence-electron chi connectivity index (χ3n) is 5.12. The second kappa shape index (κ2) is 7.04. The van der Waals surface area contributed by atoms with Crippen molar-refractivity contribution in [2.45, 2.75) is 25.6 Å². The van der Waals surface area contributed by atoms with Crippen LogP contribution in [-0.4, -0.2) is 32.0 Å². The van der Waals surface area contributed by atoms with Crippen LogP contribution in [0.1, 0.15) is 36.6 Å². The van der Waals surface area contributed by atoms with E-state index in [1.54, 1.807) is 39.7 Å². The molecule has 0 aliphatic carbocycles. The van der Waals surface area contributed by atoms with E-state index < -0.39 is 6.10 Å². The highest BCUT2D eigenvalue weighted by Gasteiger charge is 2.32. The van der Waals surface area contributed by atoms with Crippen LogP contribution in [0, 0.1) is 0 Å². The van der Waals surface area contributed by atoms with Gasteiger partial charge in [-0.05, 0) is 44.2 Å². The standard InChI is InChI=1S/C23H24O6/c1-23(2)9-8-13-17(29-23)7-6-14-21(24)16(12-28-22(13)14)15-10-19(26-4)20(27-5)11-18(15)25-3/h6-12,21,24H,1-5H3. The first-order chi connectivity index (χ1) is 13.9. The van der Waals surface area contributed by atoms with E-state index in [1.165, 1.54) is 0 Å². The van der Waals surface area contributed by atoms with Crippen molar-refractivity contribution in [3.63, 3.8) is 0 Å². The fourth-order valence-corrected chi connectivity index (χ4v) is 3.61. The van der Waals surface area contributed by atoms with Crippen molar-refractivity contribution in [2.75, 3.05) is 21.3 Å². The summed E-state index contributed by atoms with van der Waals surface area (Å²) in [6.45, 7) is 3.98. The maximum atomic E-state index is 11.1. The van der Waals surface area contributed by atoms with Gasteiger partial charge in [0.2, 0.25) is 0 Å². The first-order valence-corrected chi connectivity index (χ1v) is 9.29. The van der Waals surface area contributed by atoms with Crippen molar-refractivity contribution in [3.8, 4) is 28.7 Å². The van der Waals surface area contributed by atoms with E-state index in [-0.39, 0.29) is 5.60 Å². The molecule has 0 amide bonds. The first-order valence-electron chi connectivity index (χ1n) is 9.29. The van der Waals surface area contributed by atoms with Crippen LogP contribution < -0.4 is 23.7 Å². The van der Waals surface area contributed by atoms with Gasteiger partial charge in [-0.3, -0.25) is 0 Å². The number of fused-ring (bicyclic) bond motifs is 3. The summed E-state index contributed by atoms with van der Waals surface area (Å²) in [4.78, 5) is 0. The lowest BCUT2D eigenvalue weighted by molar-refractivity contribution is 0.157. The average molecular weight is 396 g/mol. The van der Waals surface area contributed by atoms with E-state index in [4.69, 9.17) is 23.7 Å². The molecule has 2 heterocycles. The molecule has 4 rings (SSSR count). The van der Waals surface area contributed by atoms with Crippen molar-refractivity contribution in [3.05, 3.63) is 53.3 Å². The van der Waals surface area contributed by atoms with Crippen LogP contribution in [-0.2, 0) is 0 Å². The third kappa shape index (κ3) is 3.19. The lowest BCUT2D eigenvalue weighted by Gasteiger charge is -2.31. The Bertz CT molecular complexity index is 1020. The van der Waals surface area contributed by atoms with Gasteiger partial charge in [-0.25, -0.2) is 0 Å². The maximum absolute atomic E-state index is 11.1. The molecule has 0 radical (unpaired) electrons. The van der Waals surface area contributed by atoms with Crippen LogP contribution in [0.2, 0.25) is 0 Å². The van der Waals surface area contributed by atoms with Gasteiger partial charge in [0.1, 0.15) is 29.0 Å². The van der Waals surface area contributed by atoms with E-state index in [1.807, 2.05) is 38.1 Å². The highest BCUT2D eigenvalue weighted by molar-refractivity contribution is 5.80. The smallest absolute Gasteiger partial charge is 0.164 e. The molecule has 2 aromatic carbocycles. The molecule has 152 valence electrons. The molecule has 6 nitrogen and oxygen atoms in total. The number of rotatable bonds is 4. The van der Waals surface area contributed by atoms with E-state index in [0.29, 0.717) is 39.7 Å². The van der Waals surface area contributed by atoms with Crippen LogP contribution in [0.3, 0.4) is 0 Å². The Balaban J connectivity index is 1.79. The van der Waals surface area contributed by atoms with E-state index >= 15 is 0 Å². The minimum absolute atomic E-state index is 0.386. The van der Waals surface area contributed by atoms with Crippen molar-refractivity contribution in [2.24, 2.45) is 0 Å². The Morgan fingerprint density at radius 2 is 1.66 bits per heavy atom. The quantitative estimate of drug-likeness (QED) is 0.828. The van der Waals surface area contributed by atoms with Gasteiger partial charge < -0.3 is 28.8 Å². The zero-order valence-corrected chi connectivity index (χ0v) is 17.1. The van der Waals surface area contributed by atoms with Crippen molar-refractivity contribution in [1.82, 2.24) is 0 Å². The summed E-state index contributed by atoms with van der Waals surface area (Å²) >= 11 is 0. The molecule has 0 saturated carbocycles. The summed E-state index contributed by atoms with van der Waals surface area (Å²) in [5.41, 5.74) is 2.31. The molecular weight excluding hydrogens is 372 g/mol. The molecule has 1 N–H and O–H groups in total. The van der Waals surface area contributed by atoms with Gasteiger partial charge in [-0.1, -0.05) is 0 Å². The highest BCUT2D eigenvalue weighted by Crippen LogP contribution is 2.49. The van der Waals surface area contributed by atoms with Crippen molar-refractivity contribution < 1.29 is 28.8 Å². The number of benzene rings is 2. The molecule has 0 aromatic heterocycles. The van der Waals surface area contributed by atoms with Gasteiger partial charge >= 0.3 is 0 Å². The highest BCUT2D eigenvalue weighted by atomic mass is 16.5. The molecule has 6 heteroatoms. The molecular formula is C23H24O6. The lowest BCUT2D eigenvalue weighted by atomic mass is 9.90. The van der Waals surface area contributed by atoms with Crippen LogP contribution in [0.25, 0.3) is 11.6 Å². The second-order valence-corrected chi connectivity index (χ2v) is 7.44. The lowest BCUT2D eigenvalue weighted by Crippen LogP contribution is -2.28. The minimum atomic E-state index is -0.903. The number of methoxy groups -OCH3 is 3. The van der Waals surface area contributed by atoms with Gasteiger partial charge in [0.25, 0.3) is 0 Å². The van der Waals surface area contributed by atoms with Crippen LogP contribution in [0.4, 0.5) is 0 Å². The molecule has 1 unspecified atom stereocenters. The number of hydrogen-bond acceptors (Lipinski definition) is 6. The fourth-order valence-electron chi connectivity index (χ4n) is 3.61. The van der Waals surface area contributed by atoms with Gasteiger partial charge in [0, 0.05) is 22.8 Å². The van der Waals surface area contributed by atoms with Gasteiger partial charge in [0.05, 0.1) is 33.2 Å². The molecule has 29 heavy (non-hydrogen) atoms. The monoisotopic (exact) mass is 396 g/mol. The predicted octanol–water partition coefficient (Wildman–Crippen LogP) is 4.36. The minimum Gasteiger partial charge on any atom is -0.496 e. The summed E-state index contributed by atoms with van der Waals surface area (Å²) in [5.74, 6) is 2.93. The Labute approximate surface area is 169 Å². The molecule has 2 aromatic rings. The maximum Gasteiger partial charge on any atom is 0.164 e. The number of hydrogen-bond donors (Lipinski definition) is 1.